The number of para-hydroxylation sites is 1. The number of ether oxygens (including phenoxy) is 2. The number of hydrogen-bond donors (Lipinski definition) is 0. The molecule has 0 atom stereocenters. The summed E-state index contributed by atoms with van der Waals surface area (Å²) in [4.78, 5) is 13.1. The third kappa shape index (κ3) is 4.88. The van der Waals surface area contributed by atoms with Gasteiger partial charge in [-0.15, -0.1) is 0 Å². The van der Waals surface area contributed by atoms with E-state index in [0.717, 1.165) is 6.07 Å². The molecule has 3 rings (SSSR count). The van der Waals surface area contributed by atoms with Crippen molar-refractivity contribution in [3.05, 3.63) is 54.5 Å². The maximum atomic E-state index is 14.2. The van der Waals surface area contributed by atoms with Gasteiger partial charge in [0.1, 0.15) is 28.7 Å². The third-order valence-corrected chi connectivity index (χ3v) is 6.55. The number of rotatable bonds is 6. The molecular formula is C23H27FN2O5S. The highest BCUT2D eigenvalue weighted by Gasteiger charge is 2.27. The molecule has 1 heterocycles. The highest BCUT2D eigenvalue weighted by Crippen LogP contribution is 2.35. The number of amides is 1. The van der Waals surface area contributed by atoms with Gasteiger partial charge < -0.3 is 18.9 Å². The third-order valence-electron chi connectivity index (χ3n) is 4.73. The van der Waals surface area contributed by atoms with Crippen molar-refractivity contribution in [2.75, 3.05) is 20.2 Å². The standard InChI is InChI=1S/C23H27FN2O5S/c1-23(2,3)31-22(27)25(4)13-14-30-18-11-8-9-16-20(15-26(5)21(16)18)32(28,29)19-12-7-6-10-17(19)24/h6-12,15H,13-14H2,1-5H3. The van der Waals surface area contributed by atoms with Gasteiger partial charge in [-0.3, -0.25) is 0 Å². The van der Waals surface area contributed by atoms with Crippen molar-refractivity contribution in [1.29, 1.82) is 0 Å². The van der Waals surface area contributed by atoms with Crippen LogP contribution in [0.1, 0.15) is 20.8 Å². The maximum Gasteiger partial charge on any atom is 0.410 e. The van der Waals surface area contributed by atoms with Crippen LogP contribution in [0.2, 0.25) is 0 Å². The van der Waals surface area contributed by atoms with E-state index >= 15 is 0 Å². The Morgan fingerprint density at radius 3 is 2.44 bits per heavy atom. The summed E-state index contributed by atoms with van der Waals surface area (Å²) in [6, 6.07) is 10.3. The van der Waals surface area contributed by atoms with Crippen LogP contribution in [0, 0.1) is 5.82 Å². The molecule has 0 aliphatic carbocycles. The number of carbonyl (C=O) groups is 1. The molecule has 0 aliphatic heterocycles. The maximum absolute atomic E-state index is 14.2. The summed E-state index contributed by atoms with van der Waals surface area (Å²) in [6.07, 6.45) is 0.989. The molecule has 172 valence electrons. The van der Waals surface area contributed by atoms with Gasteiger partial charge in [-0.05, 0) is 39.0 Å². The molecular weight excluding hydrogens is 435 g/mol. The summed E-state index contributed by atoms with van der Waals surface area (Å²) in [7, 11) is -0.768. The van der Waals surface area contributed by atoms with Crippen molar-refractivity contribution in [1.82, 2.24) is 9.47 Å². The van der Waals surface area contributed by atoms with E-state index in [1.54, 1.807) is 57.6 Å². The van der Waals surface area contributed by atoms with E-state index in [4.69, 9.17) is 9.47 Å². The zero-order valence-corrected chi connectivity index (χ0v) is 19.6. The molecule has 32 heavy (non-hydrogen) atoms. The van der Waals surface area contributed by atoms with Crippen LogP contribution >= 0.6 is 0 Å². The molecule has 0 radical (unpaired) electrons. The van der Waals surface area contributed by atoms with E-state index in [9.17, 15) is 17.6 Å². The first-order valence-electron chi connectivity index (χ1n) is 10.1. The number of aromatic nitrogens is 1. The second-order valence-corrected chi connectivity index (χ2v) is 10.3. The van der Waals surface area contributed by atoms with E-state index in [1.807, 2.05) is 0 Å². The lowest BCUT2D eigenvalue weighted by molar-refractivity contribution is 0.0278. The second-order valence-electron chi connectivity index (χ2n) is 8.44. The predicted molar refractivity (Wildman–Crippen MR) is 119 cm³/mol. The molecule has 0 aliphatic rings. The molecule has 0 spiro atoms. The van der Waals surface area contributed by atoms with Gasteiger partial charge in [-0.1, -0.05) is 24.3 Å². The van der Waals surface area contributed by atoms with Crippen molar-refractivity contribution in [2.24, 2.45) is 7.05 Å². The van der Waals surface area contributed by atoms with Crippen LogP contribution in [-0.4, -0.2) is 49.8 Å². The Hall–Kier alpha value is -3.07. The molecule has 0 bridgehead atoms. The lowest BCUT2D eigenvalue weighted by atomic mass is 10.2. The van der Waals surface area contributed by atoms with Gasteiger partial charge in [-0.2, -0.15) is 0 Å². The topological polar surface area (TPSA) is 77.8 Å². The molecule has 0 unspecified atom stereocenters. The molecule has 0 fully saturated rings. The fourth-order valence-corrected chi connectivity index (χ4v) is 4.80. The zero-order chi connectivity index (χ0) is 23.7. The van der Waals surface area contributed by atoms with Gasteiger partial charge in [0.15, 0.2) is 0 Å². The first-order valence-corrected chi connectivity index (χ1v) is 11.5. The largest absolute Gasteiger partial charge is 0.490 e. The van der Waals surface area contributed by atoms with Gasteiger partial charge >= 0.3 is 6.09 Å². The number of halogens is 1. The van der Waals surface area contributed by atoms with E-state index in [1.165, 1.54) is 29.3 Å². The SMILES string of the molecule is CN(CCOc1cccc2c(S(=O)(=O)c3ccccc3F)cn(C)c12)C(=O)OC(C)(C)C. The lowest BCUT2D eigenvalue weighted by Crippen LogP contribution is -2.36. The number of likely N-dealkylation sites (N-methyl/N-ethyl adjacent to an activating group) is 1. The van der Waals surface area contributed by atoms with Crippen LogP contribution in [0.5, 0.6) is 5.75 Å². The normalized spacial score (nSPS) is 12.1. The lowest BCUT2D eigenvalue weighted by Gasteiger charge is -2.24. The fourth-order valence-electron chi connectivity index (χ4n) is 3.23. The number of sulfone groups is 1. The first-order chi connectivity index (χ1) is 14.9. The van der Waals surface area contributed by atoms with Gasteiger partial charge in [-0.25, -0.2) is 17.6 Å². The van der Waals surface area contributed by atoms with Crippen molar-refractivity contribution in [3.8, 4) is 5.75 Å². The highest BCUT2D eigenvalue weighted by atomic mass is 32.2. The Bertz CT molecular complexity index is 1240. The van der Waals surface area contributed by atoms with Crippen LogP contribution in [0.4, 0.5) is 9.18 Å². The van der Waals surface area contributed by atoms with Crippen LogP contribution in [0.25, 0.3) is 10.9 Å². The summed E-state index contributed by atoms with van der Waals surface area (Å²) >= 11 is 0. The van der Waals surface area contributed by atoms with Crippen LogP contribution in [-0.2, 0) is 21.6 Å². The Morgan fingerprint density at radius 2 is 1.78 bits per heavy atom. The number of aryl methyl sites for hydroxylation is 1. The highest BCUT2D eigenvalue weighted by molar-refractivity contribution is 7.91. The van der Waals surface area contributed by atoms with Gasteiger partial charge in [0.2, 0.25) is 9.84 Å². The van der Waals surface area contributed by atoms with Gasteiger partial charge in [0.25, 0.3) is 0 Å². The van der Waals surface area contributed by atoms with E-state index in [0.29, 0.717) is 16.7 Å². The van der Waals surface area contributed by atoms with Crippen molar-refractivity contribution < 1.29 is 27.1 Å². The number of carbonyl (C=O) groups excluding carboxylic acids is 1. The molecule has 1 amide bonds. The molecule has 0 saturated carbocycles. The van der Waals surface area contributed by atoms with E-state index in [2.05, 4.69) is 0 Å². The van der Waals surface area contributed by atoms with Crippen molar-refractivity contribution in [3.63, 3.8) is 0 Å². The Kier molecular flexibility index (Phi) is 6.50. The minimum Gasteiger partial charge on any atom is -0.490 e. The summed E-state index contributed by atoms with van der Waals surface area (Å²) in [5.41, 5.74) is -0.0386. The molecule has 0 saturated heterocycles. The smallest absolute Gasteiger partial charge is 0.410 e. The fraction of sp³-hybridized carbons (Fsp3) is 0.348. The number of hydrogen-bond acceptors (Lipinski definition) is 5. The number of fused-ring (bicyclic) bond motifs is 1. The Labute approximate surface area is 187 Å². The predicted octanol–water partition coefficient (Wildman–Crippen LogP) is 4.40. The van der Waals surface area contributed by atoms with E-state index < -0.39 is 27.3 Å². The minimum absolute atomic E-state index is 0.00331. The summed E-state index contributed by atoms with van der Waals surface area (Å²) < 4.78 is 53.3. The van der Waals surface area contributed by atoms with Gasteiger partial charge in [0, 0.05) is 25.7 Å². The van der Waals surface area contributed by atoms with E-state index in [-0.39, 0.29) is 22.9 Å². The Balaban J connectivity index is 1.85. The van der Waals surface area contributed by atoms with Crippen molar-refractivity contribution in [2.45, 2.75) is 36.2 Å². The molecule has 0 N–H and O–H groups in total. The quantitative estimate of drug-likeness (QED) is 0.543. The second kappa shape index (κ2) is 8.82. The average molecular weight is 463 g/mol. The number of benzene rings is 2. The molecule has 1 aromatic heterocycles. The van der Waals surface area contributed by atoms with Crippen LogP contribution < -0.4 is 4.74 Å². The van der Waals surface area contributed by atoms with Gasteiger partial charge in [0.05, 0.1) is 17.0 Å². The molecule has 2 aromatic carbocycles. The van der Waals surface area contributed by atoms with Crippen molar-refractivity contribution >= 4 is 26.8 Å². The minimum atomic E-state index is -4.08. The Morgan fingerprint density at radius 1 is 1.09 bits per heavy atom. The first kappa shape index (κ1) is 23.6. The van der Waals surface area contributed by atoms with Crippen LogP contribution in [0.15, 0.2) is 58.5 Å². The molecule has 7 nitrogen and oxygen atoms in total. The monoisotopic (exact) mass is 462 g/mol. The summed E-state index contributed by atoms with van der Waals surface area (Å²) in [5, 5.41) is 0.425. The summed E-state index contributed by atoms with van der Waals surface area (Å²) in [5.74, 6) is -0.348. The summed E-state index contributed by atoms with van der Waals surface area (Å²) in [6.45, 7) is 5.82. The molecule has 3 aromatic rings. The zero-order valence-electron chi connectivity index (χ0n) is 18.8. The van der Waals surface area contributed by atoms with Crippen LogP contribution in [0.3, 0.4) is 0 Å². The number of nitrogens with zero attached hydrogens (tertiary/aromatic N) is 2. The average Bonchev–Trinajstić information content (AvgIpc) is 3.05. The molecule has 9 heteroatoms.